The van der Waals surface area contributed by atoms with Crippen LogP contribution in [0.4, 0.5) is 4.39 Å². The number of halogens is 1. The largest absolute Gasteiger partial charge is 0.497 e. The minimum absolute atomic E-state index is 0.00309. The molecular weight excluding hydrogens is 519 g/mol. The van der Waals surface area contributed by atoms with Crippen molar-refractivity contribution in [1.82, 2.24) is 0 Å². The van der Waals surface area contributed by atoms with Crippen molar-refractivity contribution in [3.8, 4) is 5.75 Å². The Morgan fingerprint density at radius 1 is 1.05 bits per heavy atom. The number of hydrogen-bond donors (Lipinski definition) is 2. The molecule has 0 saturated heterocycles. The molecule has 0 aliphatic carbocycles. The summed E-state index contributed by atoms with van der Waals surface area (Å²) in [6, 6.07) is 7.08. The van der Waals surface area contributed by atoms with Crippen molar-refractivity contribution >= 4 is 14.3 Å². The average molecular weight is 571 g/mol. The van der Waals surface area contributed by atoms with Gasteiger partial charge < -0.3 is 28.8 Å². The maximum absolute atomic E-state index is 15.7. The van der Waals surface area contributed by atoms with Crippen molar-refractivity contribution in [2.24, 2.45) is 11.3 Å². The SMILES string of the molecule is COc1ccc(CO[C@@H](/C(F)=C\[C@@H](C)[C@H](C)O[Si](C)(C)C(C)(C)C)[C@@H](O)[C@@H](O)CCOC(=O)C(C)(C)C)cc1. The van der Waals surface area contributed by atoms with Gasteiger partial charge >= 0.3 is 5.97 Å². The van der Waals surface area contributed by atoms with Gasteiger partial charge in [-0.3, -0.25) is 4.79 Å². The summed E-state index contributed by atoms with van der Waals surface area (Å²) in [5.74, 6) is -0.762. The molecule has 0 bridgehead atoms. The summed E-state index contributed by atoms with van der Waals surface area (Å²) in [5, 5.41) is 21.6. The molecule has 0 saturated carbocycles. The molecule has 1 aromatic carbocycles. The zero-order valence-electron chi connectivity index (χ0n) is 25.7. The molecule has 0 fully saturated rings. The summed E-state index contributed by atoms with van der Waals surface area (Å²) >= 11 is 0. The Morgan fingerprint density at radius 2 is 1.62 bits per heavy atom. The molecule has 0 unspecified atom stereocenters. The van der Waals surface area contributed by atoms with E-state index < -0.39 is 43.8 Å². The summed E-state index contributed by atoms with van der Waals surface area (Å²) in [5.41, 5.74) is 0.0546. The Labute approximate surface area is 235 Å². The van der Waals surface area contributed by atoms with Crippen LogP contribution in [0.25, 0.3) is 0 Å². The summed E-state index contributed by atoms with van der Waals surface area (Å²) in [6.45, 7) is 19.5. The quantitative estimate of drug-likeness (QED) is 0.204. The number of carbonyl (C=O) groups excluding carboxylic acids is 1. The van der Waals surface area contributed by atoms with Crippen molar-refractivity contribution in [3.63, 3.8) is 0 Å². The molecule has 0 aliphatic heterocycles. The minimum atomic E-state index is -2.08. The van der Waals surface area contributed by atoms with Crippen LogP contribution in [0.5, 0.6) is 5.75 Å². The van der Waals surface area contributed by atoms with Crippen molar-refractivity contribution in [2.45, 2.75) is 111 Å². The molecule has 0 radical (unpaired) electrons. The van der Waals surface area contributed by atoms with Gasteiger partial charge in [0.1, 0.15) is 23.8 Å². The first-order chi connectivity index (χ1) is 17.8. The lowest BCUT2D eigenvalue weighted by atomic mass is 9.97. The van der Waals surface area contributed by atoms with E-state index in [0.717, 1.165) is 5.56 Å². The third-order valence-electron chi connectivity index (χ3n) is 7.27. The van der Waals surface area contributed by atoms with Crippen LogP contribution in [0.15, 0.2) is 36.2 Å². The van der Waals surface area contributed by atoms with E-state index in [4.69, 9.17) is 18.6 Å². The van der Waals surface area contributed by atoms with Gasteiger partial charge in [-0.15, -0.1) is 0 Å². The second kappa shape index (κ2) is 14.7. The lowest BCUT2D eigenvalue weighted by Gasteiger charge is -2.39. The van der Waals surface area contributed by atoms with Crippen LogP contribution < -0.4 is 4.74 Å². The number of methoxy groups -OCH3 is 1. The predicted octanol–water partition coefficient (Wildman–Crippen LogP) is 6.18. The number of aliphatic hydroxyl groups is 2. The zero-order valence-corrected chi connectivity index (χ0v) is 26.7. The molecule has 39 heavy (non-hydrogen) atoms. The number of aliphatic hydroxyl groups excluding tert-OH is 2. The Bertz CT molecular complexity index is 919. The first-order valence-corrected chi connectivity index (χ1v) is 16.5. The molecule has 5 atom stereocenters. The van der Waals surface area contributed by atoms with Crippen LogP contribution in [0.2, 0.25) is 18.1 Å². The zero-order chi connectivity index (χ0) is 30.2. The molecule has 224 valence electrons. The van der Waals surface area contributed by atoms with Crippen LogP contribution in [0.1, 0.15) is 67.4 Å². The van der Waals surface area contributed by atoms with E-state index in [1.165, 1.54) is 6.08 Å². The topological polar surface area (TPSA) is 94.5 Å². The van der Waals surface area contributed by atoms with Crippen molar-refractivity contribution < 1.29 is 38.0 Å². The molecular formula is C30H51FO7Si. The van der Waals surface area contributed by atoms with Gasteiger partial charge in [0.05, 0.1) is 31.8 Å². The Morgan fingerprint density at radius 3 is 2.10 bits per heavy atom. The number of carbonyl (C=O) groups is 1. The van der Waals surface area contributed by atoms with E-state index in [9.17, 15) is 15.0 Å². The highest BCUT2D eigenvalue weighted by molar-refractivity contribution is 6.74. The molecule has 2 N–H and O–H groups in total. The van der Waals surface area contributed by atoms with E-state index in [1.54, 1.807) is 52.1 Å². The van der Waals surface area contributed by atoms with Gasteiger partial charge in [0, 0.05) is 18.4 Å². The summed E-state index contributed by atoms with van der Waals surface area (Å²) in [6.07, 6.45) is -3.34. The van der Waals surface area contributed by atoms with Gasteiger partial charge in [-0.05, 0) is 69.6 Å². The second-order valence-electron chi connectivity index (χ2n) is 12.8. The van der Waals surface area contributed by atoms with Crippen molar-refractivity contribution in [3.05, 3.63) is 41.7 Å². The smallest absolute Gasteiger partial charge is 0.311 e. The number of rotatable bonds is 14. The van der Waals surface area contributed by atoms with Crippen LogP contribution in [0.3, 0.4) is 0 Å². The Balaban J connectivity index is 3.06. The van der Waals surface area contributed by atoms with Gasteiger partial charge in [-0.25, -0.2) is 4.39 Å². The van der Waals surface area contributed by atoms with E-state index >= 15 is 4.39 Å². The highest BCUT2D eigenvalue weighted by Crippen LogP contribution is 2.38. The van der Waals surface area contributed by atoms with Gasteiger partial charge in [-0.1, -0.05) is 39.8 Å². The van der Waals surface area contributed by atoms with Crippen molar-refractivity contribution in [1.29, 1.82) is 0 Å². The molecule has 0 amide bonds. The predicted molar refractivity (Wildman–Crippen MR) is 155 cm³/mol. The summed E-state index contributed by atoms with van der Waals surface area (Å²) in [4.78, 5) is 12.0. The first kappa shape index (κ1) is 35.2. The van der Waals surface area contributed by atoms with Gasteiger partial charge in [0.25, 0.3) is 0 Å². The van der Waals surface area contributed by atoms with E-state index in [-0.39, 0.29) is 36.7 Å². The number of ether oxygens (including phenoxy) is 3. The fraction of sp³-hybridized carbons (Fsp3) is 0.700. The standard InChI is InChI=1S/C30H51FO7Si/c1-20(21(2)38-39(10,11)30(6,7)8)18-24(31)27(37-19-22-12-14-23(35-9)15-13-22)26(33)25(32)16-17-36-28(34)29(3,4)5/h12-15,18,20-21,25-27,32-33H,16-17,19H2,1-11H3/b24-18+/t20-,21+,25+,26+,27+/m1/s1. The number of benzene rings is 1. The minimum Gasteiger partial charge on any atom is -0.497 e. The average Bonchev–Trinajstić information content (AvgIpc) is 2.82. The van der Waals surface area contributed by atoms with Crippen LogP contribution in [0, 0.1) is 11.3 Å². The van der Waals surface area contributed by atoms with E-state index in [1.807, 2.05) is 13.8 Å². The molecule has 1 aromatic rings. The van der Waals surface area contributed by atoms with Gasteiger partial charge in [0.2, 0.25) is 0 Å². The Kier molecular flexibility index (Phi) is 13.3. The molecule has 1 rings (SSSR count). The van der Waals surface area contributed by atoms with Gasteiger partial charge in [-0.2, -0.15) is 0 Å². The number of hydrogen-bond acceptors (Lipinski definition) is 7. The lowest BCUT2D eigenvalue weighted by Crippen LogP contribution is -2.44. The molecule has 0 spiro atoms. The van der Waals surface area contributed by atoms with E-state index in [2.05, 4.69) is 33.9 Å². The number of esters is 1. The molecule has 0 aliphatic rings. The third-order valence-corrected chi connectivity index (χ3v) is 11.8. The third kappa shape index (κ3) is 11.3. The molecule has 0 aromatic heterocycles. The molecule has 7 nitrogen and oxygen atoms in total. The second-order valence-corrected chi connectivity index (χ2v) is 17.6. The van der Waals surface area contributed by atoms with Gasteiger partial charge in [0.15, 0.2) is 8.32 Å². The molecule has 0 heterocycles. The Hall–Kier alpha value is -1.78. The van der Waals surface area contributed by atoms with Crippen molar-refractivity contribution in [2.75, 3.05) is 13.7 Å². The maximum Gasteiger partial charge on any atom is 0.311 e. The highest BCUT2D eigenvalue weighted by Gasteiger charge is 2.39. The monoisotopic (exact) mass is 570 g/mol. The van der Waals surface area contributed by atoms with Crippen LogP contribution >= 0.6 is 0 Å². The fourth-order valence-electron chi connectivity index (χ4n) is 3.34. The van der Waals surface area contributed by atoms with Crippen LogP contribution in [-0.2, 0) is 25.3 Å². The highest BCUT2D eigenvalue weighted by atomic mass is 28.4. The molecule has 9 heteroatoms. The normalized spacial score (nSPS) is 17.2. The maximum atomic E-state index is 15.7. The summed E-state index contributed by atoms with van der Waals surface area (Å²) < 4.78 is 38.3. The lowest BCUT2D eigenvalue weighted by molar-refractivity contribution is -0.154. The van der Waals surface area contributed by atoms with E-state index in [0.29, 0.717) is 5.75 Å². The fourth-order valence-corrected chi connectivity index (χ4v) is 4.84. The summed E-state index contributed by atoms with van der Waals surface area (Å²) in [7, 11) is -0.513. The van der Waals surface area contributed by atoms with Crippen LogP contribution in [-0.4, -0.2) is 62.6 Å². The first-order valence-electron chi connectivity index (χ1n) is 13.6.